The van der Waals surface area contributed by atoms with Crippen LogP contribution in [0.15, 0.2) is 59.1 Å². The molecule has 0 bridgehead atoms. The molecule has 142 valence electrons. The summed E-state index contributed by atoms with van der Waals surface area (Å²) < 4.78 is 10.9. The molecular formula is C21H17ClN2O4. The average molecular weight is 397 g/mol. The Morgan fingerprint density at radius 2 is 2.04 bits per heavy atom. The smallest absolute Gasteiger partial charge is 0.338 e. The van der Waals surface area contributed by atoms with E-state index in [-0.39, 0.29) is 12.5 Å². The molecule has 1 aliphatic rings. The largest absolute Gasteiger partial charge is 0.452 e. The number of esters is 1. The van der Waals surface area contributed by atoms with Crippen molar-refractivity contribution < 1.29 is 18.7 Å². The Labute approximate surface area is 166 Å². The SMILES string of the molecule is O=C(OCc1ncc(-c2ccc(Cl)cc2)o1)c1cccc(N2CCCC2=O)c1. The number of oxazole rings is 1. The number of halogens is 1. The van der Waals surface area contributed by atoms with Crippen LogP contribution in [0.1, 0.15) is 29.1 Å². The van der Waals surface area contributed by atoms with Crippen molar-refractivity contribution in [3.8, 4) is 11.3 Å². The van der Waals surface area contributed by atoms with Gasteiger partial charge >= 0.3 is 5.97 Å². The molecule has 0 aliphatic carbocycles. The summed E-state index contributed by atoms with van der Waals surface area (Å²) in [5.74, 6) is 0.432. The van der Waals surface area contributed by atoms with Crippen molar-refractivity contribution in [2.75, 3.05) is 11.4 Å². The lowest BCUT2D eigenvalue weighted by Gasteiger charge is -2.16. The van der Waals surface area contributed by atoms with Crippen LogP contribution in [0.25, 0.3) is 11.3 Å². The molecule has 0 spiro atoms. The van der Waals surface area contributed by atoms with Gasteiger partial charge in [-0.05, 0) is 48.9 Å². The second kappa shape index (κ2) is 7.86. The Bertz CT molecular complexity index is 1010. The monoisotopic (exact) mass is 396 g/mol. The minimum atomic E-state index is -0.500. The molecule has 3 aromatic rings. The first-order valence-corrected chi connectivity index (χ1v) is 9.26. The summed E-state index contributed by atoms with van der Waals surface area (Å²) in [5.41, 5.74) is 1.91. The predicted molar refractivity (Wildman–Crippen MR) is 104 cm³/mol. The lowest BCUT2D eigenvalue weighted by Crippen LogP contribution is -2.23. The molecule has 2 aromatic carbocycles. The van der Waals surface area contributed by atoms with Gasteiger partial charge in [-0.15, -0.1) is 0 Å². The normalized spacial score (nSPS) is 13.8. The quantitative estimate of drug-likeness (QED) is 0.594. The Balaban J connectivity index is 1.41. The lowest BCUT2D eigenvalue weighted by molar-refractivity contribution is -0.117. The van der Waals surface area contributed by atoms with Gasteiger partial charge in [0.25, 0.3) is 0 Å². The minimum absolute atomic E-state index is 0.0695. The fourth-order valence-corrected chi connectivity index (χ4v) is 3.18. The fraction of sp³-hybridized carbons (Fsp3) is 0.190. The van der Waals surface area contributed by atoms with Crippen molar-refractivity contribution in [1.82, 2.24) is 4.98 Å². The maximum Gasteiger partial charge on any atom is 0.338 e. The molecule has 1 aliphatic heterocycles. The van der Waals surface area contributed by atoms with Crippen molar-refractivity contribution >= 4 is 29.2 Å². The summed E-state index contributed by atoms with van der Waals surface area (Å²) >= 11 is 5.88. The molecule has 0 unspecified atom stereocenters. The predicted octanol–water partition coefficient (Wildman–Crippen LogP) is 4.48. The Hall–Kier alpha value is -3.12. The number of rotatable bonds is 5. The van der Waals surface area contributed by atoms with E-state index in [0.717, 1.165) is 12.0 Å². The van der Waals surface area contributed by atoms with E-state index in [1.54, 1.807) is 41.4 Å². The van der Waals surface area contributed by atoms with Gasteiger partial charge in [0.15, 0.2) is 12.4 Å². The Morgan fingerprint density at radius 1 is 1.21 bits per heavy atom. The standard InChI is InChI=1S/C21H17ClN2O4/c22-16-8-6-14(7-9-16)18-12-23-19(28-18)13-27-21(26)15-3-1-4-17(11-15)24-10-2-5-20(24)25/h1,3-4,6-9,11-12H,2,5,10,13H2. The molecule has 2 heterocycles. The van der Waals surface area contributed by atoms with E-state index < -0.39 is 5.97 Å². The molecule has 0 radical (unpaired) electrons. The summed E-state index contributed by atoms with van der Waals surface area (Å²) in [6, 6.07) is 14.0. The number of amides is 1. The van der Waals surface area contributed by atoms with Crippen LogP contribution >= 0.6 is 11.6 Å². The van der Waals surface area contributed by atoms with Crippen LogP contribution in [-0.2, 0) is 16.1 Å². The van der Waals surface area contributed by atoms with Gasteiger partial charge in [-0.25, -0.2) is 9.78 Å². The van der Waals surface area contributed by atoms with Gasteiger partial charge in [0.1, 0.15) is 0 Å². The molecule has 1 saturated heterocycles. The van der Waals surface area contributed by atoms with Crippen LogP contribution in [0, 0.1) is 0 Å². The summed E-state index contributed by atoms with van der Waals surface area (Å²) in [4.78, 5) is 30.1. The first-order chi connectivity index (χ1) is 13.6. The molecule has 1 aromatic heterocycles. The number of aromatic nitrogens is 1. The van der Waals surface area contributed by atoms with Crippen LogP contribution in [-0.4, -0.2) is 23.4 Å². The first-order valence-electron chi connectivity index (χ1n) is 8.88. The first kappa shape index (κ1) is 18.3. The highest BCUT2D eigenvalue weighted by molar-refractivity contribution is 6.30. The number of benzene rings is 2. The lowest BCUT2D eigenvalue weighted by atomic mass is 10.2. The van der Waals surface area contributed by atoms with E-state index >= 15 is 0 Å². The number of carbonyl (C=O) groups is 2. The summed E-state index contributed by atoms with van der Waals surface area (Å²) in [6.45, 7) is 0.584. The van der Waals surface area contributed by atoms with Crippen LogP contribution < -0.4 is 4.90 Å². The van der Waals surface area contributed by atoms with Gasteiger partial charge in [0.05, 0.1) is 11.8 Å². The van der Waals surface area contributed by atoms with Crippen LogP contribution in [0.5, 0.6) is 0 Å². The van der Waals surface area contributed by atoms with Crippen molar-refractivity contribution in [1.29, 1.82) is 0 Å². The van der Waals surface area contributed by atoms with Crippen molar-refractivity contribution in [3.63, 3.8) is 0 Å². The zero-order valence-corrected chi connectivity index (χ0v) is 15.7. The molecule has 7 heteroatoms. The highest BCUT2D eigenvalue weighted by atomic mass is 35.5. The van der Waals surface area contributed by atoms with Crippen LogP contribution in [0.4, 0.5) is 5.69 Å². The van der Waals surface area contributed by atoms with Crippen molar-refractivity contribution in [2.45, 2.75) is 19.4 Å². The van der Waals surface area contributed by atoms with Crippen LogP contribution in [0.3, 0.4) is 0 Å². The third kappa shape index (κ3) is 3.92. The number of ether oxygens (including phenoxy) is 1. The summed E-state index contributed by atoms with van der Waals surface area (Å²) in [6.07, 6.45) is 2.94. The summed E-state index contributed by atoms with van der Waals surface area (Å²) in [7, 11) is 0. The molecule has 6 nitrogen and oxygen atoms in total. The molecule has 28 heavy (non-hydrogen) atoms. The highest BCUT2D eigenvalue weighted by Gasteiger charge is 2.22. The summed E-state index contributed by atoms with van der Waals surface area (Å²) in [5, 5.41) is 0.635. The number of anilines is 1. The van der Waals surface area contributed by atoms with Gasteiger partial charge in [-0.1, -0.05) is 17.7 Å². The van der Waals surface area contributed by atoms with Gasteiger partial charge in [-0.3, -0.25) is 4.79 Å². The zero-order chi connectivity index (χ0) is 19.5. The van der Waals surface area contributed by atoms with Crippen molar-refractivity contribution in [3.05, 3.63) is 71.2 Å². The third-order valence-electron chi connectivity index (χ3n) is 4.48. The molecular weight excluding hydrogens is 380 g/mol. The van der Waals surface area contributed by atoms with E-state index in [1.165, 1.54) is 0 Å². The maximum absolute atomic E-state index is 12.4. The Kier molecular flexibility index (Phi) is 5.12. The average Bonchev–Trinajstić information content (AvgIpc) is 3.36. The molecule has 0 atom stereocenters. The van der Waals surface area contributed by atoms with E-state index in [4.69, 9.17) is 20.8 Å². The van der Waals surface area contributed by atoms with E-state index in [9.17, 15) is 9.59 Å². The molecule has 0 saturated carbocycles. The second-order valence-electron chi connectivity index (χ2n) is 6.40. The maximum atomic E-state index is 12.4. The second-order valence-corrected chi connectivity index (χ2v) is 6.84. The highest BCUT2D eigenvalue weighted by Crippen LogP contribution is 2.24. The zero-order valence-electron chi connectivity index (χ0n) is 14.9. The van der Waals surface area contributed by atoms with Gasteiger partial charge < -0.3 is 14.1 Å². The minimum Gasteiger partial charge on any atom is -0.452 e. The topological polar surface area (TPSA) is 72.6 Å². The number of nitrogens with zero attached hydrogens (tertiary/aromatic N) is 2. The van der Waals surface area contributed by atoms with Gasteiger partial charge in [0, 0.05) is 29.2 Å². The number of carbonyl (C=O) groups excluding carboxylic acids is 2. The fourth-order valence-electron chi connectivity index (χ4n) is 3.06. The van der Waals surface area contributed by atoms with E-state index in [2.05, 4.69) is 4.98 Å². The molecule has 1 amide bonds. The van der Waals surface area contributed by atoms with Crippen LogP contribution in [0.2, 0.25) is 5.02 Å². The van der Waals surface area contributed by atoms with E-state index in [1.807, 2.05) is 18.2 Å². The molecule has 1 fully saturated rings. The third-order valence-corrected chi connectivity index (χ3v) is 4.73. The number of hydrogen-bond donors (Lipinski definition) is 0. The van der Waals surface area contributed by atoms with E-state index in [0.29, 0.717) is 40.9 Å². The van der Waals surface area contributed by atoms with Crippen molar-refractivity contribution in [2.24, 2.45) is 0 Å². The molecule has 0 N–H and O–H groups in total. The Morgan fingerprint density at radius 3 is 2.79 bits per heavy atom. The molecule has 4 rings (SSSR count). The van der Waals surface area contributed by atoms with Gasteiger partial charge in [-0.2, -0.15) is 0 Å². The van der Waals surface area contributed by atoms with Gasteiger partial charge in [0.2, 0.25) is 11.8 Å². The number of hydrogen-bond acceptors (Lipinski definition) is 5.